The van der Waals surface area contributed by atoms with Crippen LogP contribution in [-0.2, 0) is 4.74 Å². The Bertz CT molecular complexity index is 198. The summed E-state index contributed by atoms with van der Waals surface area (Å²) in [6.07, 6.45) is 2.28. The second-order valence-corrected chi connectivity index (χ2v) is 4.15. The summed E-state index contributed by atoms with van der Waals surface area (Å²) >= 11 is 0. The van der Waals surface area contributed by atoms with E-state index in [0.29, 0.717) is 0 Å². The molecule has 0 aliphatic heterocycles. The minimum Gasteiger partial charge on any atom is -0.409 e. The second-order valence-electron chi connectivity index (χ2n) is 4.15. The Balaban J connectivity index is 3.54. The van der Waals surface area contributed by atoms with Crippen LogP contribution in [0.15, 0.2) is 5.16 Å². The smallest absolute Gasteiger partial charge is 0.143 e. The Kier molecular flexibility index (Phi) is 8.94. The first kappa shape index (κ1) is 15.2. The molecule has 1 unspecified atom stereocenters. The molecule has 5 heteroatoms. The number of hydrogen-bond donors (Lipinski definition) is 2. The normalized spacial score (nSPS) is 14.4. The molecule has 0 heterocycles. The standard InChI is InChI=1S/C11H25N3O2/c1-4-5-7-16-8-6-14(3)9-10(2)11(12)13-15/h10,15H,4-9H2,1-3H3,(H2,12,13). The molecule has 0 bridgehead atoms. The molecule has 0 aromatic heterocycles. The number of hydrogen-bond acceptors (Lipinski definition) is 4. The predicted molar refractivity (Wildman–Crippen MR) is 65.8 cm³/mol. The van der Waals surface area contributed by atoms with E-state index in [-0.39, 0.29) is 11.8 Å². The van der Waals surface area contributed by atoms with Crippen LogP contribution in [0.4, 0.5) is 0 Å². The number of nitrogens with two attached hydrogens (primary N) is 1. The van der Waals surface area contributed by atoms with Crippen LogP contribution in [0.25, 0.3) is 0 Å². The highest BCUT2D eigenvalue weighted by molar-refractivity contribution is 5.82. The number of likely N-dealkylation sites (N-methyl/N-ethyl adjacent to an activating group) is 1. The molecule has 0 aromatic carbocycles. The summed E-state index contributed by atoms with van der Waals surface area (Å²) in [4.78, 5) is 2.12. The summed E-state index contributed by atoms with van der Waals surface area (Å²) in [6, 6.07) is 0. The molecule has 96 valence electrons. The Morgan fingerprint density at radius 3 is 2.75 bits per heavy atom. The molecule has 0 fully saturated rings. The van der Waals surface area contributed by atoms with Crippen molar-refractivity contribution in [3.8, 4) is 0 Å². The second kappa shape index (κ2) is 9.42. The van der Waals surface area contributed by atoms with Gasteiger partial charge in [-0.05, 0) is 13.5 Å². The highest BCUT2D eigenvalue weighted by atomic mass is 16.5. The van der Waals surface area contributed by atoms with E-state index in [1.54, 1.807) is 0 Å². The first-order chi connectivity index (χ1) is 7.61. The van der Waals surface area contributed by atoms with Gasteiger partial charge >= 0.3 is 0 Å². The monoisotopic (exact) mass is 231 g/mol. The molecule has 0 rings (SSSR count). The highest BCUT2D eigenvalue weighted by Crippen LogP contribution is 1.98. The van der Waals surface area contributed by atoms with E-state index in [9.17, 15) is 0 Å². The van der Waals surface area contributed by atoms with E-state index in [1.807, 2.05) is 14.0 Å². The molecule has 0 radical (unpaired) electrons. The first-order valence-corrected chi connectivity index (χ1v) is 5.85. The van der Waals surface area contributed by atoms with Crippen molar-refractivity contribution >= 4 is 5.84 Å². The third kappa shape index (κ3) is 7.48. The fourth-order valence-corrected chi connectivity index (χ4v) is 1.32. The number of unbranched alkanes of at least 4 members (excludes halogenated alkanes) is 1. The molecule has 0 aliphatic carbocycles. The van der Waals surface area contributed by atoms with E-state index >= 15 is 0 Å². The Hall–Kier alpha value is -0.810. The SMILES string of the molecule is CCCCOCCN(C)CC(C)C(N)=NO. The van der Waals surface area contributed by atoms with E-state index < -0.39 is 0 Å². The molecular weight excluding hydrogens is 206 g/mol. The summed E-state index contributed by atoms with van der Waals surface area (Å²) in [5.41, 5.74) is 5.50. The molecule has 5 nitrogen and oxygen atoms in total. The van der Waals surface area contributed by atoms with Gasteiger partial charge in [0, 0.05) is 25.6 Å². The van der Waals surface area contributed by atoms with Crippen LogP contribution in [0, 0.1) is 5.92 Å². The molecule has 0 saturated carbocycles. The zero-order valence-electron chi connectivity index (χ0n) is 10.6. The quantitative estimate of drug-likeness (QED) is 0.205. The Labute approximate surface area is 98.2 Å². The van der Waals surface area contributed by atoms with Gasteiger partial charge in [0.15, 0.2) is 0 Å². The third-order valence-corrected chi connectivity index (χ3v) is 2.47. The highest BCUT2D eigenvalue weighted by Gasteiger charge is 2.10. The Morgan fingerprint density at radius 1 is 1.50 bits per heavy atom. The van der Waals surface area contributed by atoms with Gasteiger partial charge < -0.3 is 20.6 Å². The largest absolute Gasteiger partial charge is 0.409 e. The van der Waals surface area contributed by atoms with Crippen LogP contribution >= 0.6 is 0 Å². The molecule has 0 aliphatic rings. The Morgan fingerprint density at radius 2 is 2.19 bits per heavy atom. The van der Waals surface area contributed by atoms with Crippen molar-refractivity contribution in [1.82, 2.24) is 4.90 Å². The lowest BCUT2D eigenvalue weighted by Gasteiger charge is -2.20. The van der Waals surface area contributed by atoms with Gasteiger partial charge in [0.2, 0.25) is 0 Å². The van der Waals surface area contributed by atoms with Crippen molar-refractivity contribution in [1.29, 1.82) is 0 Å². The van der Waals surface area contributed by atoms with E-state index in [2.05, 4.69) is 17.0 Å². The lowest BCUT2D eigenvalue weighted by molar-refractivity contribution is 0.107. The molecule has 0 aromatic rings. The number of amidine groups is 1. The van der Waals surface area contributed by atoms with Gasteiger partial charge in [-0.25, -0.2) is 0 Å². The van der Waals surface area contributed by atoms with Gasteiger partial charge in [0.25, 0.3) is 0 Å². The van der Waals surface area contributed by atoms with E-state index in [4.69, 9.17) is 15.7 Å². The zero-order valence-corrected chi connectivity index (χ0v) is 10.6. The number of oxime groups is 1. The maximum atomic E-state index is 8.51. The summed E-state index contributed by atoms with van der Waals surface area (Å²) in [5.74, 6) is 0.337. The minimum absolute atomic E-state index is 0.0608. The fraction of sp³-hybridized carbons (Fsp3) is 0.909. The minimum atomic E-state index is 0.0608. The molecule has 0 saturated heterocycles. The van der Waals surface area contributed by atoms with E-state index in [1.165, 1.54) is 0 Å². The zero-order chi connectivity index (χ0) is 12.4. The number of ether oxygens (including phenoxy) is 1. The lowest BCUT2D eigenvalue weighted by atomic mass is 10.1. The van der Waals surface area contributed by atoms with Crippen LogP contribution in [0.1, 0.15) is 26.7 Å². The predicted octanol–water partition coefficient (Wildman–Crippen LogP) is 1.12. The van der Waals surface area contributed by atoms with Crippen LogP contribution in [0.2, 0.25) is 0 Å². The van der Waals surface area contributed by atoms with Crippen molar-refractivity contribution in [2.75, 3.05) is 33.4 Å². The molecule has 0 spiro atoms. The van der Waals surface area contributed by atoms with Crippen LogP contribution in [-0.4, -0.2) is 49.3 Å². The molecule has 3 N–H and O–H groups in total. The topological polar surface area (TPSA) is 71.1 Å². The van der Waals surface area contributed by atoms with Gasteiger partial charge in [-0.1, -0.05) is 25.4 Å². The van der Waals surface area contributed by atoms with E-state index in [0.717, 1.165) is 39.1 Å². The van der Waals surface area contributed by atoms with Crippen LogP contribution in [0.5, 0.6) is 0 Å². The van der Waals surface area contributed by atoms with Crippen molar-refractivity contribution in [2.24, 2.45) is 16.8 Å². The van der Waals surface area contributed by atoms with Crippen molar-refractivity contribution < 1.29 is 9.94 Å². The molecular formula is C11H25N3O2. The van der Waals surface area contributed by atoms with Crippen LogP contribution < -0.4 is 5.73 Å². The summed E-state index contributed by atoms with van der Waals surface area (Å²) < 4.78 is 5.46. The number of rotatable bonds is 9. The van der Waals surface area contributed by atoms with Crippen molar-refractivity contribution in [2.45, 2.75) is 26.7 Å². The fourth-order valence-electron chi connectivity index (χ4n) is 1.32. The van der Waals surface area contributed by atoms with Crippen molar-refractivity contribution in [3.63, 3.8) is 0 Å². The van der Waals surface area contributed by atoms with Crippen LogP contribution in [0.3, 0.4) is 0 Å². The van der Waals surface area contributed by atoms with Crippen molar-refractivity contribution in [3.05, 3.63) is 0 Å². The van der Waals surface area contributed by atoms with Gasteiger partial charge in [-0.3, -0.25) is 0 Å². The van der Waals surface area contributed by atoms with Gasteiger partial charge in [-0.15, -0.1) is 0 Å². The maximum absolute atomic E-state index is 8.51. The maximum Gasteiger partial charge on any atom is 0.143 e. The van der Waals surface area contributed by atoms with Gasteiger partial charge in [0.1, 0.15) is 5.84 Å². The summed E-state index contributed by atoms with van der Waals surface area (Å²) in [7, 11) is 2.00. The average Bonchev–Trinajstić information content (AvgIpc) is 2.27. The average molecular weight is 231 g/mol. The summed E-state index contributed by atoms with van der Waals surface area (Å²) in [6.45, 7) is 7.29. The lowest BCUT2D eigenvalue weighted by Crippen LogP contribution is -2.34. The molecule has 1 atom stereocenters. The third-order valence-electron chi connectivity index (χ3n) is 2.47. The van der Waals surface area contributed by atoms with Gasteiger partial charge in [-0.2, -0.15) is 0 Å². The molecule has 16 heavy (non-hydrogen) atoms. The number of nitrogens with zero attached hydrogens (tertiary/aromatic N) is 2. The summed E-state index contributed by atoms with van der Waals surface area (Å²) in [5, 5.41) is 11.5. The van der Waals surface area contributed by atoms with Gasteiger partial charge in [0.05, 0.1) is 6.61 Å². The molecule has 0 amide bonds. The first-order valence-electron chi connectivity index (χ1n) is 5.85.